The molecule has 2 rings (SSSR count). The van der Waals surface area contributed by atoms with Gasteiger partial charge < -0.3 is 50.8 Å². The van der Waals surface area contributed by atoms with Crippen LogP contribution in [-0.2, 0) is 32.2 Å². The van der Waals surface area contributed by atoms with Gasteiger partial charge in [0.15, 0.2) is 6.61 Å². The lowest BCUT2D eigenvalue weighted by Crippen LogP contribution is -2.51. The number of carbonyl (C=O) groups is 5. The lowest BCUT2D eigenvalue weighted by atomic mass is 10.0. The van der Waals surface area contributed by atoms with E-state index >= 15 is 0 Å². The summed E-state index contributed by atoms with van der Waals surface area (Å²) in [5.74, 6) is 1.77. The maximum absolute atomic E-state index is 13.7. The molecule has 54 heavy (non-hydrogen) atoms. The summed E-state index contributed by atoms with van der Waals surface area (Å²) in [5.41, 5.74) is 5.56. The molecule has 294 valence electrons. The SMILES string of the molecule is C#CCOC(=O)N(C)Cc1cc(NC(=O)[C@H](CCCNC(N)=O)NC[C@@H](NC(=O)OC(C)(C)C)C(C)C)ccc1COC(=O)Oc1ccc([N+](=O)[O-])cc1. The minimum atomic E-state index is -1.09. The van der Waals surface area contributed by atoms with Crippen molar-refractivity contribution in [1.29, 1.82) is 0 Å². The number of hydrogen-bond acceptors (Lipinski definition) is 12. The van der Waals surface area contributed by atoms with Gasteiger partial charge in [0.1, 0.15) is 18.0 Å². The van der Waals surface area contributed by atoms with Crippen LogP contribution in [0.4, 0.5) is 30.6 Å². The lowest BCUT2D eigenvalue weighted by molar-refractivity contribution is -0.384. The van der Waals surface area contributed by atoms with E-state index in [4.69, 9.17) is 31.1 Å². The summed E-state index contributed by atoms with van der Waals surface area (Å²) >= 11 is 0. The summed E-state index contributed by atoms with van der Waals surface area (Å²) in [6.07, 6.45) is 3.47. The van der Waals surface area contributed by atoms with Crippen LogP contribution in [0, 0.1) is 28.4 Å². The van der Waals surface area contributed by atoms with Crippen LogP contribution in [0.25, 0.3) is 0 Å². The zero-order chi connectivity index (χ0) is 40.4. The number of hydrogen-bond donors (Lipinski definition) is 5. The molecular weight excluding hydrogens is 706 g/mol. The van der Waals surface area contributed by atoms with Gasteiger partial charge >= 0.3 is 24.4 Å². The van der Waals surface area contributed by atoms with Crippen molar-refractivity contribution in [1.82, 2.24) is 20.9 Å². The highest BCUT2D eigenvalue weighted by atomic mass is 16.7. The number of alkyl carbamates (subject to hydrolysis) is 1. The molecule has 0 bridgehead atoms. The van der Waals surface area contributed by atoms with E-state index in [9.17, 15) is 34.1 Å². The Morgan fingerprint density at radius 3 is 2.31 bits per heavy atom. The maximum Gasteiger partial charge on any atom is 0.514 e. The molecule has 0 saturated heterocycles. The van der Waals surface area contributed by atoms with Crippen molar-refractivity contribution in [2.45, 2.75) is 78.3 Å². The number of rotatable bonds is 18. The maximum atomic E-state index is 13.7. The van der Waals surface area contributed by atoms with Gasteiger partial charge in [0.2, 0.25) is 5.91 Å². The number of nitro benzene ring substituents is 1. The molecule has 2 aromatic rings. The van der Waals surface area contributed by atoms with Crippen molar-refractivity contribution in [2.24, 2.45) is 11.7 Å². The first-order valence-corrected chi connectivity index (χ1v) is 17.0. The number of primary amides is 1. The predicted molar refractivity (Wildman–Crippen MR) is 197 cm³/mol. The van der Waals surface area contributed by atoms with E-state index in [0.29, 0.717) is 23.2 Å². The molecule has 0 spiro atoms. The molecule has 0 saturated carbocycles. The Labute approximate surface area is 313 Å². The second-order valence-corrected chi connectivity index (χ2v) is 13.4. The molecular formula is C36H49N7O11. The summed E-state index contributed by atoms with van der Waals surface area (Å²) in [6, 6.07) is 7.70. The van der Waals surface area contributed by atoms with E-state index in [0.717, 1.165) is 0 Å². The Morgan fingerprint density at radius 2 is 1.72 bits per heavy atom. The molecule has 2 atom stereocenters. The number of non-ortho nitro benzene ring substituents is 1. The molecule has 0 heterocycles. The highest BCUT2D eigenvalue weighted by molar-refractivity contribution is 5.95. The number of amides is 5. The molecule has 2 aromatic carbocycles. The quantitative estimate of drug-likeness (QED) is 0.0270. The fourth-order valence-electron chi connectivity index (χ4n) is 4.68. The van der Waals surface area contributed by atoms with Gasteiger partial charge in [-0.05, 0) is 74.9 Å². The molecule has 0 unspecified atom stereocenters. The van der Waals surface area contributed by atoms with Gasteiger partial charge in [-0.1, -0.05) is 25.8 Å². The van der Waals surface area contributed by atoms with Crippen molar-refractivity contribution < 1.29 is 47.8 Å². The van der Waals surface area contributed by atoms with Gasteiger partial charge in [-0.2, -0.15) is 0 Å². The highest BCUT2D eigenvalue weighted by Crippen LogP contribution is 2.22. The first-order valence-electron chi connectivity index (χ1n) is 17.0. The number of benzene rings is 2. The summed E-state index contributed by atoms with van der Waals surface area (Å²) in [7, 11) is 1.47. The van der Waals surface area contributed by atoms with Crippen molar-refractivity contribution >= 4 is 41.7 Å². The molecule has 0 aromatic heterocycles. The molecule has 18 heteroatoms. The van der Waals surface area contributed by atoms with Gasteiger partial charge in [-0.15, -0.1) is 6.42 Å². The van der Waals surface area contributed by atoms with Crippen molar-refractivity contribution in [3.63, 3.8) is 0 Å². The molecule has 5 amide bonds. The third-order valence-corrected chi connectivity index (χ3v) is 7.44. The van der Waals surface area contributed by atoms with Gasteiger partial charge in [-0.25, -0.2) is 19.2 Å². The zero-order valence-electron chi connectivity index (χ0n) is 31.3. The normalized spacial score (nSPS) is 12.0. The Hall–Kier alpha value is -6.09. The number of nitro groups is 1. The standard InChI is InChI=1S/C36H49N7O11/c1-8-18-51-34(47)42(7)21-25-19-26(12-11-24(25)22-52-35(48)53-28-15-13-27(14-16-28)43(49)50)40-31(44)29(10-9-17-38-32(37)45)39-20-30(23(2)3)41-33(46)54-36(4,5)6/h1,11-16,19,23,29-30,39H,9-10,17-18,20-22H2,2-7H3,(H,40,44)(H,41,46)(H3,37,38,45)/t29-,30+/m0/s1. The Kier molecular flexibility index (Phi) is 17.5. The minimum absolute atomic E-state index is 0.0220. The number of urea groups is 1. The van der Waals surface area contributed by atoms with E-state index in [1.807, 2.05) is 13.8 Å². The number of nitrogens with one attached hydrogen (secondary N) is 4. The number of terminal acetylenes is 1. The third-order valence-electron chi connectivity index (χ3n) is 7.44. The van der Waals surface area contributed by atoms with Gasteiger partial charge in [0.25, 0.3) is 5.69 Å². The van der Waals surface area contributed by atoms with Crippen LogP contribution in [0.2, 0.25) is 0 Å². The van der Waals surface area contributed by atoms with Crippen LogP contribution in [0.1, 0.15) is 58.6 Å². The molecule has 0 radical (unpaired) electrons. The first kappa shape index (κ1) is 44.1. The van der Waals surface area contributed by atoms with Crippen LogP contribution in [0.3, 0.4) is 0 Å². The van der Waals surface area contributed by atoms with E-state index < -0.39 is 52.9 Å². The summed E-state index contributed by atoms with van der Waals surface area (Å²) in [6.45, 7) is 8.91. The average molecular weight is 756 g/mol. The highest BCUT2D eigenvalue weighted by Gasteiger charge is 2.25. The van der Waals surface area contributed by atoms with Gasteiger partial charge in [0, 0.05) is 50.5 Å². The second-order valence-electron chi connectivity index (χ2n) is 13.4. The number of carbonyl (C=O) groups excluding carboxylic acids is 5. The molecule has 18 nitrogen and oxygen atoms in total. The number of ether oxygens (including phenoxy) is 4. The lowest BCUT2D eigenvalue weighted by Gasteiger charge is -2.28. The molecule has 0 aliphatic carbocycles. The van der Waals surface area contributed by atoms with E-state index in [-0.39, 0.29) is 56.6 Å². The monoisotopic (exact) mass is 755 g/mol. The van der Waals surface area contributed by atoms with Crippen molar-refractivity contribution in [3.05, 3.63) is 63.7 Å². The minimum Gasteiger partial charge on any atom is -0.444 e. The number of anilines is 1. The van der Waals surface area contributed by atoms with Crippen LogP contribution >= 0.6 is 0 Å². The summed E-state index contributed by atoms with van der Waals surface area (Å²) in [4.78, 5) is 73.9. The Balaban J connectivity index is 2.27. The van der Waals surface area contributed by atoms with Gasteiger partial charge in [0.05, 0.1) is 11.0 Å². The predicted octanol–water partition coefficient (Wildman–Crippen LogP) is 4.41. The van der Waals surface area contributed by atoms with Crippen LogP contribution < -0.4 is 31.7 Å². The summed E-state index contributed by atoms with van der Waals surface area (Å²) < 4.78 is 20.8. The molecule has 0 aliphatic heterocycles. The average Bonchev–Trinajstić information content (AvgIpc) is 3.08. The zero-order valence-corrected chi connectivity index (χ0v) is 31.3. The number of nitrogens with zero attached hydrogens (tertiary/aromatic N) is 2. The number of nitrogens with two attached hydrogens (primary N) is 1. The van der Waals surface area contributed by atoms with Crippen LogP contribution in [-0.4, -0.2) is 84.5 Å². The third kappa shape index (κ3) is 16.5. The Bertz CT molecular complexity index is 1650. The van der Waals surface area contributed by atoms with E-state index in [1.54, 1.807) is 39.0 Å². The Morgan fingerprint density at radius 1 is 1.04 bits per heavy atom. The van der Waals surface area contributed by atoms with Crippen LogP contribution in [0.15, 0.2) is 42.5 Å². The fraction of sp³-hybridized carbons (Fsp3) is 0.472. The summed E-state index contributed by atoms with van der Waals surface area (Å²) in [5, 5.41) is 22.3. The van der Waals surface area contributed by atoms with E-state index in [1.165, 1.54) is 36.2 Å². The molecule has 6 N–H and O–H groups in total. The van der Waals surface area contributed by atoms with Gasteiger partial charge in [-0.3, -0.25) is 14.9 Å². The second kappa shape index (κ2) is 21.4. The largest absolute Gasteiger partial charge is 0.514 e. The topological polar surface area (TPSA) is 243 Å². The molecule has 0 aliphatic rings. The van der Waals surface area contributed by atoms with Crippen molar-refractivity contribution in [2.75, 3.05) is 32.1 Å². The fourth-order valence-corrected chi connectivity index (χ4v) is 4.68. The molecule has 0 fully saturated rings. The smallest absolute Gasteiger partial charge is 0.444 e. The van der Waals surface area contributed by atoms with Crippen LogP contribution in [0.5, 0.6) is 5.75 Å². The van der Waals surface area contributed by atoms with E-state index in [2.05, 4.69) is 27.2 Å². The van der Waals surface area contributed by atoms with Crippen molar-refractivity contribution in [3.8, 4) is 18.1 Å². The first-order chi connectivity index (χ1) is 25.4.